The third-order valence-electron chi connectivity index (χ3n) is 6.92. The first-order valence-electron chi connectivity index (χ1n) is 12.1. The SMILES string of the molecule is Cc1ccc(-n2nc(C)c3sc(N4CCC[C@@H](C(=O)NC5CCCCCC5)C4)nc32)cc1. The van der Waals surface area contributed by atoms with E-state index >= 15 is 0 Å². The molecule has 3 heterocycles. The number of nitrogens with one attached hydrogen (secondary N) is 1. The van der Waals surface area contributed by atoms with Gasteiger partial charge in [0.25, 0.3) is 0 Å². The van der Waals surface area contributed by atoms with E-state index in [2.05, 4.69) is 41.4 Å². The van der Waals surface area contributed by atoms with Crippen molar-refractivity contribution in [1.29, 1.82) is 0 Å². The number of hydrogen-bond donors (Lipinski definition) is 1. The van der Waals surface area contributed by atoms with Crippen molar-refractivity contribution in [2.45, 2.75) is 71.3 Å². The van der Waals surface area contributed by atoms with Crippen molar-refractivity contribution in [2.75, 3.05) is 18.0 Å². The second-order valence-electron chi connectivity index (χ2n) is 9.46. The molecule has 0 radical (unpaired) electrons. The molecule has 1 amide bonds. The molecule has 3 aromatic rings. The minimum absolute atomic E-state index is 0.0497. The van der Waals surface area contributed by atoms with Crippen LogP contribution in [0.4, 0.5) is 5.13 Å². The fourth-order valence-electron chi connectivity index (χ4n) is 5.03. The molecular formula is C25H33N5OS. The van der Waals surface area contributed by atoms with Gasteiger partial charge in [-0.05, 0) is 51.7 Å². The van der Waals surface area contributed by atoms with Crippen LogP contribution in [0.25, 0.3) is 16.0 Å². The van der Waals surface area contributed by atoms with E-state index in [1.165, 1.54) is 31.2 Å². The van der Waals surface area contributed by atoms with Crippen LogP contribution in [0.15, 0.2) is 24.3 Å². The van der Waals surface area contributed by atoms with E-state index < -0.39 is 0 Å². The highest BCUT2D eigenvalue weighted by molar-refractivity contribution is 7.22. The number of anilines is 1. The average molecular weight is 452 g/mol. The standard InChI is InChI=1S/C25H33N5OS/c1-17-11-13-21(14-12-17)30-23-22(18(2)28-30)32-25(27-23)29-15-7-8-19(16-29)24(31)26-20-9-5-3-4-6-10-20/h11-14,19-20H,3-10,15-16H2,1-2H3,(H,26,31)/t19-/m1/s1. The highest BCUT2D eigenvalue weighted by atomic mass is 32.1. The van der Waals surface area contributed by atoms with Gasteiger partial charge in [0.1, 0.15) is 0 Å². The fourth-order valence-corrected chi connectivity index (χ4v) is 6.05. The molecular weight excluding hydrogens is 418 g/mol. The number of carbonyl (C=O) groups is 1. The highest BCUT2D eigenvalue weighted by Crippen LogP contribution is 2.34. The fraction of sp³-hybridized carbons (Fsp3) is 0.560. The normalized spacial score (nSPS) is 20.4. The number of carbonyl (C=O) groups excluding carboxylic acids is 1. The number of fused-ring (bicyclic) bond motifs is 1. The van der Waals surface area contributed by atoms with Gasteiger partial charge in [-0.1, -0.05) is 54.7 Å². The highest BCUT2D eigenvalue weighted by Gasteiger charge is 2.29. The molecule has 1 saturated heterocycles. The summed E-state index contributed by atoms with van der Waals surface area (Å²) < 4.78 is 3.08. The summed E-state index contributed by atoms with van der Waals surface area (Å²) in [6.07, 6.45) is 9.36. The Morgan fingerprint density at radius 2 is 1.78 bits per heavy atom. The molecule has 0 spiro atoms. The molecule has 1 N–H and O–H groups in total. The number of piperidine rings is 1. The van der Waals surface area contributed by atoms with Gasteiger partial charge < -0.3 is 10.2 Å². The molecule has 0 bridgehead atoms. The molecule has 1 saturated carbocycles. The Morgan fingerprint density at radius 3 is 2.53 bits per heavy atom. The van der Waals surface area contributed by atoms with Gasteiger partial charge in [0, 0.05) is 19.1 Å². The number of thiazole rings is 1. The van der Waals surface area contributed by atoms with E-state index in [0.717, 1.165) is 65.6 Å². The molecule has 0 unspecified atom stereocenters. The third kappa shape index (κ3) is 4.40. The molecule has 1 atom stereocenters. The first-order chi connectivity index (χ1) is 15.6. The largest absolute Gasteiger partial charge is 0.353 e. The second kappa shape index (κ2) is 9.22. The molecule has 2 aromatic heterocycles. The van der Waals surface area contributed by atoms with E-state index in [0.29, 0.717) is 6.04 Å². The zero-order chi connectivity index (χ0) is 22.1. The van der Waals surface area contributed by atoms with E-state index in [4.69, 9.17) is 10.1 Å². The minimum atomic E-state index is 0.0497. The van der Waals surface area contributed by atoms with Crippen LogP contribution in [-0.2, 0) is 4.79 Å². The second-order valence-corrected chi connectivity index (χ2v) is 10.4. The maximum Gasteiger partial charge on any atom is 0.225 e. The summed E-state index contributed by atoms with van der Waals surface area (Å²) in [5, 5.41) is 9.11. The molecule has 6 nitrogen and oxygen atoms in total. The quantitative estimate of drug-likeness (QED) is 0.557. The van der Waals surface area contributed by atoms with Crippen LogP contribution in [0.5, 0.6) is 0 Å². The molecule has 1 aliphatic carbocycles. The first-order valence-corrected chi connectivity index (χ1v) is 12.9. The number of aromatic nitrogens is 3. The van der Waals surface area contributed by atoms with Crippen molar-refractivity contribution in [3.63, 3.8) is 0 Å². The Morgan fingerprint density at radius 1 is 1.03 bits per heavy atom. The Kier molecular flexibility index (Phi) is 6.17. The smallest absolute Gasteiger partial charge is 0.225 e. The minimum Gasteiger partial charge on any atom is -0.353 e. The van der Waals surface area contributed by atoms with Crippen molar-refractivity contribution in [3.05, 3.63) is 35.5 Å². The molecule has 5 rings (SSSR count). The van der Waals surface area contributed by atoms with E-state index in [-0.39, 0.29) is 11.8 Å². The monoisotopic (exact) mass is 451 g/mol. The third-order valence-corrected chi connectivity index (χ3v) is 8.13. The van der Waals surface area contributed by atoms with E-state index in [1.54, 1.807) is 11.3 Å². The Labute approximate surface area is 194 Å². The predicted molar refractivity (Wildman–Crippen MR) is 131 cm³/mol. The van der Waals surface area contributed by atoms with Crippen LogP contribution < -0.4 is 10.2 Å². The lowest BCUT2D eigenvalue weighted by atomic mass is 9.96. The maximum absolute atomic E-state index is 13.0. The predicted octanol–water partition coefficient (Wildman–Crippen LogP) is 5.15. The van der Waals surface area contributed by atoms with Gasteiger partial charge in [-0.25, -0.2) is 4.68 Å². The number of amides is 1. The summed E-state index contributed by atoms with van der Waals surface area (Å²) in [7, 11) is 0. The summed E-state index contributed by atoms with van der Waals surface area (Å²) >= 11 is 1.70. The lowest BCUT2D eigenvalue weighted by Gasteiger charge is -2.32. The summed E-state index contributed by atoms with van der Waals surface area (Å²) in [6, 6.07) is 8.76. The van der Waals surface area contributed by atoms with Crippen LogP contribution in [0.3, 0.4) is 0 Å². The van der Waals surface area contributed by atoms with Gasteiger partial charge in [-0.3, -0.25) is 4.79 Å². The Bertz CT molecular complexity index is 1080. The lowest BCUT2D eigenvalue weighted by Crippen LogP contribution is -2.46. The van der Waals surface area contributed by atoms with Crippen LogP contribution in [0, 0.1) is 19.8 Å². The molecule has 1 aliphatic heterocycles. The molecule has 2 fully saturated rings. The van der Waals surface area contributed by atoms with Gasteiger partial charge in [0.15, 0.2) is 10.8 Å². The van der Waals surface area contributed by atoms with Crippen LogP contribution >= 0.6 is 11.3 Å². The number of hydrogen-bond acceptors (Lipinski definition) is 5. The molecule has 170 valence electrons. The number of nitrogens with zero attached hydrogens (tertiary/aromatic N) is 4. The van der Waals surface area contributed by atoms with Gasteiger partial charge in [-0.15, -0.1) is 0 Å². The Hall–Kier alpha value is -2.41. The molecule has 2 aliphatic rings. The van der Waals surface area contributed by atoms with Crippen molar-refractivity contribution < 1.29 is 4.79 Å². The van der Waals surface area contributed by atoms with Crippen LogP contribution in [0.1, 0.15) is 62.6 Å². The van der Waals surface area contributed by atoms with E-state index in [9.17, 15) is 4.79 Å². The zero-order valence-electron chi connectivity index (χ0n) is 19.1. The van der Waals surface area contributed by atoms with Crippen molar-refractivity contribution in [2.24, 2.45) is 5.92 Å². The van der Waals surface area contributed by atoms with Gasteiger partial charge in [0.05, 0.1) is 22.0 Å². The Balaban J connectivity index is 1.33. The maximum atomic E-state index is 13.0. The van der Waals surface area contributed by atoms with Crippen molar-refractivity contribution >= 4 is 32.7 Å². The zero-order valence-corrected chi connectivity index (χ0v) is 20.0. The summed E-state index contributed by atoms with van der Waals surface area (Å²) in [4.78, 5) is 20.3. The molecule has 1 aromatic carbocycles. The van der Waals surface area contributed by atoms with Crippen molar-refractivity contribution in [3.8, 4) is 5.69 Å². The van der Waals surface area contributed by atoms with E-state index in [1.807, 2.05) is 11.6 Å². The summed E-state index contributed by atoms with van der Waals surface area (Å²) in [6.45, 7) is 5.85. The van der Waals surface area contributed by atoms with Gasteiger partial charge in [-0.2, -0.15) is 10.1 Å². The molecule has 7 heteroatoms. The van der Waals surface area contributed by atoms with Crippen LogP contribution in [-0.4, -0.2) is 39.8 Å². The number of aryl methyl sites for hydroxylation is 2. The van der Waals surface area contributed by atoms with Crippen molar-refractivity contribution in [1.82, 2.24) is 20.1 Å². The molecule has 32 heavy (non-hydrogen) atoms. The van der Waals surface area contributed by atoms with Gasteiger partial charge >= 0.3 is 0 Å². The topological polar surface area (TPSA) is 63.1 Å². The lowest BCUT2D eigenvalue weighted by molar-refractivity contribution is -0.126. The summed E-state index contributed by atoms with van der Waals surface area (Å²) in [5.74, 6) is 0.290. The average Bonchev–Trinajstić information content (AvgIpc) is 3.26. The van der Waals surface area contributed by atoms with Crippen LogP contribution in [0.2, 0.25) is 0 Å². The summed E-state index contributed by atoms with van der Waals surface area (Å²) in [5.41, 5.74) is 4.18. The first kappa shape index (κ1) is 21.4. The van der Waals surface area contributed by atoms with Gasteiger partial charge in [0.2, 0.25) is 5.91 Å². The number of benzene rings is 1. The number of rotatable bonds is 4.